The summed E-state index contributed by atoms with van der Waals surface area (Å²) in [7, 11) is 1.73. The Hall–Kier alpha value is -0.320. The number of amides is 1. The highest BCUT2D eigenvalue weighted by Crippen LogP contribution is 2.19. The van der Waals surface area contributed by atoms with Gasteiger partial charge in [-0.05, 0) is 25.8 Å². The molecule has 0 aromatic rings. The second-order valence-electron chi connectivity index (χ2n) is 4.95. The number of rotatable bonds is 4. The van der Waals surface area contributed by atoms with Crippen LogP contribution in [0.3, 0.4) is 0 Å². The molecule has 2 aliphatic heterocycles. The molecular weight excluding hydrogens is 240 g/mol. The van der Waals surface area contributed by atoms with Crippen molar-refractivity contribution in [3.05, 3.63) is 0 Å². The Morgan fingerprint density at radius 2 is 2.29 bits per heavy atom. The van der Waals surface area contributed by atoms with Crippen molar-refractivity contribution in [2.45, 2.75) is 31.7 Å². The number of halogens is 1. The van der Waals surface area contributed by atoms with Crippen LogP contribution in [0.5, 0.6) is 0 Å². The summed E-state index contributed by atoms with van der Waals surface area (Å²) in [5.41, 5.74) is 0. The Labute approximate surface area is 109 Å². The van der Waals surface area contributed by atoms with Crippen LogP contribution >= 0.6 is 12.4 Å². The van der Waals surface area contributed by atoms with Crippen LogP contribution in [0.2, 0.25) is 0 Å². The molecule has 2 rings (SSSR count). The van der Waals surface area contributed by atoms with Crippen LogP contribution in [0.15, 0.2) is 0 Å². The molecule has 0 aromatic heterocycles. The number of ether oxygens (including phenoxy) is 1. The molecule has 0 radical (unpaired) electrons. The van der Waals surface area contributed by atoms with E-state index in [1.807, 2.05) is 4.90 Å². The molecule has 17 heavy (non-hydrogen) atoms. The second kappa shape index (κ2) is 7.19. The molecular formula is C12H23ClN2O2. The first-order valence-corrected chi connectivity index (χ1v) is 6.29. The van der Waals surface area contributed by atoms with Crippen molar-refractivity contribution in [2.24, 2.45) is 5.92 Å². The zero-order chi connectivity index (χ0) is 11.4. The van der Waals surface area contributed by atoms with Gasteiger partial charge in [0.05, 0.1) is 6.61 Å². The molecule has 0 aromatic carbocycles. The van der Waals surface area contributed by atoms with Crippen molar-refractivity contribution >= 4 is 18.3 Å². The maximum Gasteiger partial charge on any atom is 0.224 e. The van der Waals surface area contributed by atoms with Gasteiger partial charge in [-0.15, -0.1) is 12.4 Å². The van der Waals surface area contributed by atoms with E-state index in [2.05, 4.69) is 5.32 Å². The van der Waals surface area contributed by atoms with Crippen LogP contribution in [0.1, 0.15) is 25.7 Å². The van der Waals surface area contributed by atoms with Crippen LogP contribution in [0.25, 0.3) is 0 Å². The van der Waals surface area contributed by atoms with Crippen molar-refractivity contribution in [3.63, 3.8) is 0 Å². The standard InChI is InChI=1S/C12H22N2O2.ClH/c1-16-9-10-4-6-14(8-10)12(15)7-11-3-2-5-13-11;/h10-11,13H,2-9H2,1H3;1H. The molecule has 0 aliphatic carbocycles. The zero-order valence-corrected chi connectivity index (χ0v) is 11.3. The number of hydrogen-bond donors (Lipinski definition) is 1. The SMILES string of the molecule is COCC1CCN(C(=O)CC2CCCN2)C1.Cl. The summed E-state index contributed by atoms with van der Waals surface area (Å²) in [6.07, 6.45) is 4.14. The second-order valence-corrected chi connectivity index (χ2v) is 4.95. The first-order valence-electron chi connectivity index (χ1n) is 6.29. The van der Waals surface area contributed by atoms with Gasteiger partial charge in [0.15, 0.2) is 0 Å². The van der Waals surface area contributed by atoms with E-state index in [4.69, 9.17) is 4.74 Å². The van der Waals surface area contributed by atoms with Gasteiger partial charge in [-0.25, -0.2) is 0 Å². The molecule has 2 saturated heterocycles. The zero-order valence-electron chi connectivity index (χ0n) is 10.5. The third kappa shape index (κ3) is 4.12. The molecule has 4 nitrogen and oxygen atoms in total. The van der Waals surface area contributed by atoms with Crippen LogP contribution in [-0.4, -0.2) is 50.2 Å². The van der Waals surface area contributed by atoms with Gasteiger partial charge in [-0.3, -0.25) is 4.79 Å². The number of hydrogen-bond acceptors (Lipinski definition) is 3. The van der Waals surface area contributed by atoms with Gasteiger partial charge in [0.2, 0.25) is 5.91 Å². The minimum Gasteiger partial charge on any atom is -0.384 e. The average molecular weight is 263 g/mol. The van der Waals surface area contributed by atoms with E-state index in [1.165, 1.54) is 6.42 Å². The molecule has 0 bridgehead atoms. The van der Waals surface area contributed by atoms with Crippen molar-refractivity contribution in [2.75, 3.05) is 33.4 Å². The van der Waals surface area contributed by atoms with E-state index >= 15 is 0 Å². The van der Waals surface area contributed by atoms with Crippen LogP contribution in [0, 0.1) is 5.92 Å². The van der Waals surface area contributed by atoms with Gasteiger partial charge < -0.3 is 15.0 Å². The predicted octanol–water partition coefficient (Wildman–Crippen LogP) is 1.05. The molecule has 2 unspecified atom stereocenters. The summed E-state index contributed by atoms with van der Waals surface area (Å²) in [5.74, 6) is 0.864. The number of methoxy groups -OCH3 is 1. The fourth-order valence-electron chi connectivity index (χ4n) is 2.70. The predicted molar refractivity (Wildman–Crippen MR) is 69.5 cm³/mol. The largest absolute Gasteiger partial charge is 0.384 e. The Balaban J connectivity index is 0.00000144. The molecule has 1 amide bonds. The molecule has 100 valence electrons. The van der Waals surface area contributed by atoms with Gasteiger partial charge >= 0.3 is 0 Å². The van der Waals surface area contributed by atoms with E-state index in [1.54, 1.807) is 7.11 Å². The molecule has 2 heterocycles. The average Bonchev–Trinajstić information content (AvgIpc) is 2.89. The summed E-state index contributed by atoms with van der Waals surface area (Å²) in [4.78, 5) is 14.0. The van der Waals surface area contributed by atoms with Gasteiger partial charge in [-0.1, -0.05) is 0 Å². The fourth-order valence-corrected chi connectivity index (χ4v) is 2.70. The quantitative estimate of drug-likeness (QED) is 0.823. The van der Waals surface area contributed by atoms with E-state index in [-0.39, 0.29) is 12.4 Å². The third-order valence-electron chi connectivity index (χ3n) is 3.62. The smallest absolute Gasteiger partial charge is 0.224 e. The Morgan fingerprint density at radius 3 is 2.94 bits per heavy atom. The first-order chi connectivity index (χ1) is 7.79. The highest BCUT2D eigenvalue weighted by Gasteiger charge is 2.28. The van der Waals surface area contributed by atoms with Gasteiger partial charge in [-0.2, -0.15) is 0 Å². The lowest BCUT2D eigenvalue weighted by molar-refractivity contribution is -0.130. The number of likely N-dealkylation sites (tertiary alicyclic amines) is 1. The fraction of sp³-hybridized carbons (Fsp3) is 0.917. The van der Waals surface area contributed by atoms with Crippen molar-refractivity contribution in [1.29, 1.82) is 0 Å². The summed E-state index contributed by atoms with van der Waals surface area (Å²) < 4.78 is 5.14. The summed E-state index contributed by atoms with van der Waals surface area (Å²) in [6, 6.07) is 0.425. The molecule has 2 atom stereocenters. The molecule has 0 spiro atoms. The van der Waals surface area contributed by atoms with Crippen molar-refractivity contribution in [3.8, 4) is 0 Å². The topological polar surface area (TPSA) is 41.6 Å². The monoisotopic (exact) mass is 262 g/mol. The highest BCUT2D eigenvalue weighted by molar-refractivity contribution is 5.85. The van der Waals surface area contributed by atoms with Gasteiger partial charge in [0, 0.05) is 38.6 Å². The Bertz CT molecular complexity index is 245. The lowest BCUT2D eigenvalue weighted by Crippen LogP contribution is -2.34. The third-order valence-corrected chi connectivity index (χ3v) is 3.62. The number of nitrogens with one attached hydrogen (secondary N) is 1. The molecule has 2 aliphatic rings. The van der Waals surface area contributed by atoms with Gasteiger partial charge in [0.1, 0.15) is 0 Å². The number of nitrogens with zero attached hydrogens (tertiary/aromatic N) is 1. The van der Waals surface area contributed by atoms with Crippen LogP contribution in [-0.2, 0) is 9.53 Å². The molecule has 1 N–H and O–H groups in total. The maximum atomic E-state index is 12.0. The molecule has 5 heteroatoms. The number of carbonyl (C=O) groups is 1. The van der Waals surface area contributed by atoms with Crippen LogP contribution < -0.4 is 5.32 Å². The van der Waals surface area contributed by atoms with Crippen LogP contribution in [0.4, 0.5) is 0 Å². The normalized spacial score (nSPS) is 28.2. The first kappa shape index (κ1) is 14.7. The van der Waals surface area contributed by atoms with Crippen molar-refractivity contribution < 1.29 is 9.53 Å². The molecule has 0 saturated carbocycles. The van der Waals surface area contributed by atoms with E-state index < -0.39 is 0 Å². The lowest BCUT2D eigenvalue weighted by Gasteiger charge is -2.18. The minimum absolute atomic E-state index is 0. The molecule has 2 fully saturated rings. The summed E-state index contributed by atoms with van der Waals surface area (Å²) in [5, 5.41) is 3.38. The summed E-state index contributed by atoms with van der Waals surface area (Å²) >= 11 is 0. The Kier molecular flexibility index (Phi) is 6.23. The highest BCUT2D eigenvalue weighted by atomic mass is 35.5. The summed E-state index contributed by atoms with van der Waals surface area (Å²) in [6.45, 7) is 3.66. The maximum absolute atomic E-state index is 12.0. The van der Waals surface area contributed by atoms with Crippen molar-refractivity contribution in [1.82, 2.24) is 10.2 Å². The van der Waals surface area contributed by atoms with E-state index in [0.717, 1.165) is 39.1 Å². The van der Waals surface area contributed by atoms with E-state index in [0.29, 0.717) is 24.3 Å². The minimum atomic E-state index is 0. The van der Waals surface area contributed by atoms with Gasteiger partial charge in [0.25, 0.3) is 0 Å². The lowest BCUT2D eigenvalue weighted by atomic mass is 10.1. The van der Waals surface area contributed by atoms with E-state index in [9.17, 15) is 4.79 Å². The Morgan fingerprint density at radius 1 is 1.47 bits per heavy atom. The number of carbonyl (C=O) groups excluding carboxylic acids is 1.